The zero-order valence-electron chi connectivity index (χ0n) is 11.0. The van der Waals surface area contributed by atoms with Gasteiger partial charge in [0.15, 0.2) is 0 Å². The zero-order chi connectivity index (χ0) is 12.9. The van der Waals surface area contributed by atoms with E-state index in [1.54, 1.807) is 0 Å². The number of hydrogen-bond acceptors (Lipinski definition) is 3. The van der Waals surface area contributed by atoms with Crippen molar-refractivity contribution in [3.05, 3.63) is 48.3 Å². The zero-order valence-corrected chi connectivity index (χ0v) is 11.8. The van der Waals surface area contributed by atoms with Gasteiger partial charge in [-0.1, -0.05) is 18.2 Å². The Balaban J connectivity index is 1.59. The summed E-state index contributed by atoms with van der Waals surface area (Å²) in [5, 5.41) is 8.05. The summed E-state index contributed by atoms with van der Waals surface area (Å²) in [6.07, 6.45) is 6.71. The molecule has 0 radical (unpaired) electrons. The molecule has 1 aromatic carbocycles. The number of benzene rings is 1. The van der Waals surface area contributed by atoms with Crippen LogP contribution in [0.5, 0.6) is 0 Å². The molecular weight excluding hydrogens is 254 g/mol. The first-order valence-corrected chi connectivity index (χ1v) is 7.97. The molecule has 4 heteroatoms. The average molecular weight is 273 g/mol. The number of rotatable bonds is 4. The van der Waals surface area contributed by atoms with E-state index in [-0.39, 0.29) is 0 Å². The van der Waals surface area contributed by atoms with Gasteiger partial charge in [0.25, 0.3) is 0 Å². The summed E-state index contributed by atoms with van der Waals surface area (Å²) >= 11 is 2.06. The van der Waals surface area contributed by atoms with E-state index in [4.69, 9.17) is 0 Å². The lowest BCUT2D eigenvalue weighted by Gasteiger charge is -2.22. The molecule has 0 aliphatic carbocycles. The highest BCUT2D eigenvalue weighted by Crippen LogP contribution is 2.17. The summed E-state index contributed by atoms with van der Waals surface area (Å²) in [7, 11) is 0. The van der Waals surface area contributed by atoms with Crippen molar-refractivity contribution < 1.29 is 0 Å². The van der Waals surface area contributed by atoms with Crippen LogP contribution in [-0.2, 0) is 6.54 Å². The van der Waals surface area contributed by atoms with Crippen molar-refractivity contribution in [2.24, 2.45) is 0 Å². The number of para-hydroxylation sites is 1. The van der Waals surface area contributed by atoms with Gasteiger partial charge in [-0.05, 0) is 30.7 Å². The van der Waals surface area contributed by atoms with Gasteiger partial charge < -0.3 is 5.32 Å². The molecule has 1 aromatic heterocycles. The normalized spacial score (nSPS) is 19.5. The van der Waals surface area contributed by atoms with Crippen LogP contribution in [0.3, 0.4) is 0 Å². The second kappa shape index (κ2) is 6.26. The lowest BCUT2D eigenvalue weighted by atomic mass is 10.2. The molecule has 1 unspecified atom stereocenters. The fourth-order valence-corrected chi connectivity index (χ4v) is 3.44. The first-order chi connectivity index (χ1) is 9.42. The highest BCUT2D eigenvalue weighted by Gasteiger charge is 2.13. The minimum absolute atomic E-state index is 0.666. The van der Waals surface area contributed by atoms with E-state index in [1.165, 1.54) is 29.9 Å². The van der Waals surface area contributed by atoms with Crippen LogP contribution < -0.4 is 5.32 Å². The highest BCUT2D eigenvalue weighted by atomic mass is 32.2. The third-order valence-corrected chi connectivity index (χ3v) is 4.63. The van der Waals surface area contributed by atoms with Gasteiger partial charge in [-0.25, -0.2) is 4.68 Å². The van der Waals surface area contributed by atoms with Crippen LogP contribution >= 0.6 is 11.8 Å². The van der Waals surface area contributed by atoms with Gasteiger partial charge in [0.05, 0.1) is 11.9 Å². The largest absolute Gasteiger partial charge is 0.309 e. The van der Waals surface area contributed by atoms with Crippen LogP contribution in [0.15, 0.2) is 42.7 Å². The van der Waals surface area contributed by atoms with E-state index in [0.717, 1.165) is 12.2 Å². The molecule has 0 saturated carbocycles. The van der Waals surface area contributed by atoms with Crippen molar-refractivity contribution in [2.45, 2.75) is 25.4 Å². The Morgan fingerprint density at radius 1 is 1.32 bits per heavy atom. The Kier molecular flexibility index (Phi) is 4.20. The van der Waals surface area contributed by atoms with Crippen LogP contribution in [0, 0.1) is 0 Å². The molecule has 0 amide bonds. The summed E-state index contributed by atoms with van der Waals surface area (Å²) in [5.74, 6) is 2.57. The molecular formula is C15H19N3S. The highest BCUT2D eigenvalue weighted by molar-refractivity contribution is 7.99. The molecule has 2 heterocycles. The van der Waals surface area contributed by atoms with Crippen LogP contribution in [0.25, 0.3) is 5.69 Å². The van der Waals surface area contributed by atoms with Crippen molar-refractivity contribution in [3.63, 3.8) is 0 Å². The van der Waals surface area contributed by atoms with Crippen LogP contribution in [0.1, 0.15) is 18.4 Å². The van der Waals surface area contributed by atoms with E-state index >= 15 is 0 Å². The van der Waals surface area contributed by atoms with Gasteiger partial charge >= 0.3 is 0 Å². The number of thioether (sulfide) groups is 1. The van der Waals surface area contributed by atoms with Crippen molar-refractivity contribution in [1.29, 1.82) is 0 Å². The monoisotopic (exact) mass is 273 g/mol. The maximum atomic E-state index is 4.42. The first kappa shape index (κ1) is 12.8. The van der Waals surface area contributed by atoms with Gasteiger partial charge in [-0.2, -0.15) is 16.9 Å². The van der Waals surface area contributed by atoms with E-state index in [9.17, 15) is 0 Å². The molecule has 19 heavy (non-hydrogen) atoms. The molecule has 1 saturated heterocycles. The quantitative estimate of drug-likeness (QED) is 0.929. The Morgan fingerprint density at radius 3 is 3.00 bits per heavy atom. The number of nitrogens with one attached hydrogen (secondary N) is 1. The van der Waals surface area contributed by atoms with Crippen molar-refractivity contribution >= 4 is 11.8 Å². The van der Waals surface area contributed by atoms with Crippen molar-refractivity contribution in [2.75, 3.05) is 11.5 Å². The second-order valence-electron chi connectivity index (χ2n) is 4.92. The summed E-state index contributed by atoms with van der Waals surface area (Å²) in [5.41, 5.74) is 2.36. The molecule has 1 fully saturated rings. The summed E-state index contributed by atoms with van der Waals surface area (Å²) in [6.45, 7) is 0.915. The fourth-order valence-electron chi connectivity index (χ4n) is 2.34. The minimum atomic E-state index is 0.666. The summed E-state index contributed by atoms with van der Waals surface area (Å²) in [6, 6.07) is 10.9. The molecule has 3 rings (SSSR count). The molecule has 3 nitrogen and oxygen atoms in total. The molecule has 1 N–H and O–H groups in total. The van der Waals surface area contributed by atoms with Crippen LogP contribution in [0.4, 0.5) is 0 Å². The molecule has 0 bridgehead atoms. The van der Waals surface area contributed by atoms with Crippen LogP contribution in [0.2, 0.25) is 0 Å². The molecule has 1 aliphatic rings. The first-order valence-electron chi connectivity index (χ1n) is 6.82. The molecule has 0 spiro atoms. The minimum Gasteiger partial charge on any atom is -0.309 e. The van der Waals surface area contributed by atoms with E-state index in [1.807, 2.05) is 29.1 Å². The summed E-state index contributed by atoms with van der Waals surface area (Å²) < 4.78 is 1.94. The van der Waals surface area contributed by atoms with Gasteiger partial charge in [0.2, 0.25) is 0 Å². The van der Waals surface area contributed by atoms with E-state index in [2.05, 4.69) is 40.5 Å². The van der Waals surface area contributed by atoms with Crippen LogP contribution in [-0.4, -0.2) is 27.3 Å². The van der Waals surface area contributed by atoms with Crippen molar-refractivity contribution in [3.8, 4) is 5.69 Å². The Morgan fingerprint density at radius 2 is 2.21 bits per heavy atom. The fraction of sp³-hybridized carbons (Fsp3) is 0.400. The van der Waals surface area contributed by atoms with Crippen molar-refractivity contribution in [1.82, 2.24) is 15.1 Å². The Hall–Kier alpha value is -1.26. The Bertz CT molecular complexity index is 503. The van der Waals surface area contributed by atoms with Gasteiger partial charge in [0, 0.05) is 30.1 Å². The predicted octanol–water partition coefficient (Wildman–Crippen LogP) is 2.86. The smallest absolute Gasteiger partial charge is 0.0645 e. The predicted molar refractivity (Wildman–Crippen MR) is 80.8 cm³/mol. The maximum Gasteiger partial charge on any atom is 0.0645 e. The third kappa shape index (κ3) is 3.39. The number of hydrogen-bond donors (Lipinski definition) is 1. The van der Waals surface area contributed by atoms with Gasteiger partial charge in [-0.3, -0.25) is 0 Å². The average Bonchev–Trinajstić information content (AvgIpc) is 2.96. The molecule has 2 aromatic rings. The molecule has 100 valence electrons. The van der Waals surface area contributed by atoms with E-state index in [0.29, 0.717) is 6.04 Å². The van der Waals surface area contributed by atoms with Gasteiger partial charge in [-0.15, -0.1) is 0 Å². The molecule has 1 atom stereocenters. The third-order valence-electron chi connectivity index (χ3n) is 3.41. The SMILES string of the molecule is c1ccc(-n2cc(CNC3CCCSC3)cn2)cc1. The van der Waals surface area contributed by atoms with Gasteiger partial charge in [0.1, 0.15) is 0 Å². The Labute approximate surface area is 118 Å². The number of aromatic nitrogens is 2. The summed E-state index contributed by atoms with van der Waals surface area (Å²) in [4.78, 5) is 0. The lowest BCUT2D eigenvalue weighted by molar-refractivity contribution is 0.507. The lowest BCUT2D eigenvalue weighted by Crippen LogP contribution is -2.33. The molecule has 1 aliphatic heterocycles. The number of nitrogens with zero attached hydrogens (tertiary/aromatic N) is 2. The second-order valence-corrected chi connectivity index (χ2v) is 6.07. The van der Waals surface area contributed by atoms with E-state index < -0.39 is 0 Å². The maximum absolute atomic E-state index is 4.42. The standard InChI is InChI=1S/C15H19N3S/c1-2-6-15(7-3-1)18-11-13(10-17-18)9-16-14-5-4-8-19-12-14/h1-3,6-7,10-11,14,16H,4-5,8-9,12H2. The topological polar surface area (TPSA) is 29.9 Å².